The number of hydrogen-bond donors (Lipinski definition) is 0. The molecule has 0 aliphatic carbocycles. The van der Waals surface area contributed by atoms with Crippen LogP contribution >= 0.6 is 0 Å². The molecule has 3 rings (SSSR count). The molecule has 8 nitrogen and oxygen atoms in total. The van der Waals surface area contributed by atoms with Crippen molar-refractivity contribution in [1.29, 1.82) is 0 Å². The number of esters is 1. The molecule has 0 atom stereocenters. The van der Waals surface area contributed by atoms with Crippen LogP contribution in [0.1, 0.15) is 51.8 Å². The van der Waals surface area contributed by atoms with Crippen molar-refractivity contribution >= 4 is 29.4 Å². The molecule has 0 saturated heterocycles. The van der Waals surface area contributed by atoms with Crippen molar-refractivity contribution in [3.05, 3.63) is 71.3 Å². The number of imide groups is 1. The van der Waals surface area contributed by atoms with Crippen LogP contribution in [-0.2, 0) is 9.53 Å². The zero-order valence-corrected chi connectivity index (χ0v) is 18.9. The first-order chi connectivity index (χ1) is 15.8. The summed E-state index contributed by atoms with van der Waals surface area (Å²) < 4.78 is 10.5. The van der Waals surface area contributed by atoms with Crippen LogP contribution in [0.2, 0.25) is 0 Å². The van der Waals surface area contributed by atoms with Gasteiger partial charge in [-0.25, -0.2) is 9.69 Å². The van der Waals surface area contributed by atoms with Crippen molar-refractivity contribution in [1.82, 2.24) is 4.90 Å². The number of ether oxygens (including phenoxy) is 2. The maximum atomic E-state index is 12.9. The molecule has 3 amide bonds. The number of likely N-dealkylation sites (N-methyl/N-ethyl adjacent to an activating group) is 1. The van der Waals surface area contributed by atoms with Crippen LogP contribution in [0.5, 0.6) is 5.75 Å². The van der Waals surface area contributed by atoms with Crippen molar-refractivity contribution in [2.75, 3.05) is 31.2 Å². The number of rotatable bonds is 9. The van der Waals surface area contributed by atoms with E-state index in [0.29, 0.717) is 31.1 Å². The molecule has 1 aliphatic heterocycles. The Balaban J connectivity index is 1.73. The van der Waals surface area contributed by atoms with E-state index in [2.05, 4.69) is 6.58 Å². The summed E-state index contributed by atoms with van der Waals surface area (Å²) in [5.74, 6) is -1.49. The van der Waals surface area contributed by atoms with Crippen molar-refractivity contribution in [2.24, 2.45) is 0 Å². The monoisotopic (exact) mass is 450 g/mol. The van der Waals surface area contributed by atoms with Crippen LogP contribution in [-0.4, -0.2) is 54.9 Å². The standard InChI is InChI=1S/C25H26N2O6/c1-5-26(14-16(3)4)22(28)15-33-25(31)17-7-12-20-21(13-17)24(30)27(23(20)29)18-8-10-19(11-9-18)32-6-2/h7-13H,3,5-6,14-15H2,1-2,4H3. The van der Waals surface area contributed by atoms with Gasteiger partial charge in [0.05, 0.1) is 29.0 Å². The average Bonchev–Trinajstić information content (AvgIpc) is 3.05. The first kappa shape index (κ1) is 23.7. The second kappa shape index (κ2) is 10.1. The Kier molecular flexibility index (Phi) is 7.27. The van der Waals surface area contributed by atoms with Crippen LogP contribution in [0.3, 0.4) is 0 Å². The molecule has 0 saturated carbocycles. The zero-order chi connectivity index (χ0) is 24.1. The number of benzene rings is 2. The van der Waals surface area contributed by atoms with Crippen molar-refractivity contribution < 1.29 is 28.7 Å². The summed E-state index contributed by atoms with van der Waals surface area (Å²) in [7, 11) is 0. The van der Waals surface area contributed by atoms with Crippen LogP contribution in [0, 0.1) is 0 Å². The Hall–Kier alpha value is -3.94. The highest BCUT2D eigenvalue weighted by molar-refractivity contribution is 6.34. The number of carbonyl (C=O) groups excluding carboxylic acids is 4. The third-order valence-electron chi connectivity index (χ3n) is 5.05. The van der Waals surface area contributed by atoms with Gasteiger partial charge in [-0.2, -0.15) is 0 Å². The van der Waals surface area contributed by atoms with Crippen molar-refractivity contribution in [2.45, 2.75) is 20.8 Å². The lowest BCUT2D eigenvalue weighted by molar-refractivity contribution is -0.133. The van der Waals surface area contributed by atoms with E-state index in [1.165, 1.54) is 23.1 Å². The van der Waals surface area contributed by atoms with Gasteiger partial charge in [0.15, 0.2) is 6.61 Å². The molecule has 0 bridgehead atoms. The summed E-state index contributed by atoms with van der Waals surface area (Å²) >= 11 is 0. The summed E-state index contributed by atoms with van der Waals surface area (Å²) in [6.45, 7) is 10.2. The van der Waals surface area contributed by atoms with Crippen molar-refractivity contribution in [3.8, 4) is 5.75 Å². The summed E-state index contributed by atoms with van der Waals surface area (Å²) in [4.78, 5) is 53.1. The predicted molar refractivity (Wildman–Crippen MR) is 123 cm³/mol. The lowest BCUT2D eigenvalue weighted by atomic mass is 10.1. The fourth-order valence-corrected chi connectivity index (χ4v) is 3.46. The number of carbonyl (C=O) groups is 4. The van der Waals surface area contributed by atoms with Gasteiger partial charge in [-0.3, -0.25) is 14.4 Å². The molecule has 33 heavy (non-hydrogen) atoms. The first-order valence-corrected chi connectivity index (χ1v) is 10.6. The normalized spacial score (nSPS) is 12.4. The van der Waals surface area contributed by atoms with E-state index in [0.717, 1.165) is 10.5 Å². The van der Waals surface area contributed by atoms with E-state index in [4.69, 9.17) is 9.47 Å². The molecule has 0 radical (unpaired) electrons. The molecule has 1 aliphatic rings. The minimum atomic E-state index is -0.753. The SMILES string of the molecule is C=C(C)CN(CC)C(=O)COC(=O)c1ccc2c(c1)C(=O)N(c1ccc(OCC)cc1)C2=O. The van der Waals surface area contributed by atoms with Gasteiger partial charge in [0, 0.05) is 13.1 Å². The first-order valence-electron chi connectivity index (χ1n) is 10.6. The van der Waals surface area contributed by atoms with E-state index in [1.807, 2.05) is 13.8 Å². The molecule has 0 N–H and O–H groups in total. The minimum Gasteiger partial charge on any atom is -0.494 e. The average molecular weight is 450 g/mol. The van der Waals surface area contributed by atoms with Gasteiger partial charge in [0.25, 0.3) is 17.7 Å². The number of fused-ring (bicyclic) bond motifs is 1. The maximum Gasteiger partial charge on any atom is 0.338 e. The Bertz CT molecular complexity index is 1110. The van der Waals surface area contributed by atoms with Crippen molar-refractivity contribution in [3.63, 3.8) is 0 Å². The largest absolute Gasteiger partial charge is 0.494 e. The van der Waals surface area contributed by atoms with E-state index in [1.54, 1.807) is 31.2 Å². The van der Waals surface area contributed by atoms with Gasteiger partial charge < -0.3 is 14.4 Å². The van der Waals surface area contributed by atoms with Gasteiger partial charge in [-0.05, 0) is 63.2 Å². The highest BCUT2D eigenvalue weighted by atomic mass is 16.5. The van der Waals surface area contributed by atoms with Gasteiger partial charge in [0.1, 0.15) is 5.75 Å². The Morgan fingerprint density at radius 3 is 2.27 bits per heavy atom. The molecule has 0 aromatic heterocycles. The lowest BCUT2D eigenvalue weighted by Crippen LogP contribution is -2.35. The molecule has 1 heterocycles. The fourth-order valence-electron chi connectivity index (χ4n) is 3.46. The second-order valence-corrected chi connectivity index (χ2v) is 7.57. The van der Waals surface area contributed by atoms with E-state index >= 15 is 0 Å². The highest BCUT2D eigenvalue weighted by Crippen LogP contribution is 2.30. The molecule has 0 unspecified atom stereocenters. The molecule has 0 fully saturated rings. The van der Waals surface area contributed by atoms with E-state index in [-0.39, 0.29) is 22.6 Å². The number of amides is 3. The van der Waals surface area contributed by atoms with Gasteiger partial charge in [0.2, 0.25) is 0 Å². The molecule has 0 spiro atoms. The molecule has 2 aromatic carbocycles. The third kappa shape index (κ3) is 5.11. The smallest absolute Gasteiger partial charge is 0.338 e. The zero-order valence-electron chi connectivity index (χ0n) is 18.9. The summed E-state index contributed by atoms with van der Waals surface area (Å²) in [5.41, 5.74) is 1.60. The highest BCUT2D eigenvalue weighted by Gasteiger charge is 2.37. The van der Waals surface area contributed by atoms with Gasteiger partial charge in [-0.1, -0.05) is 12.2 Å². The fraction of sp³-hybridized carbons (Fsp3) is 0.280. The molecule has 2 aromatic rings. The number of nitrogens with zero attached hydrogens (tertiary/aromatic N) is 2. The predicted octanol–water partition coefficient (Wildman–Crippen LogP) is 3.47. The summed E-state index contributed by atoms with van der Waals surface area (Å²) in [6.07, 6.45) is 0. The number of hydrogen-bond acceptors (Lipinski definition) is 6. The van der Waals surface area contributed by atoms with E-state index < -0.39 is 24.4 Å². The van der Waals surface area contributed by atoms with E-state index in [9.17, 15) is 19.2 Å². The van der Waals surface area contributed by atoms with Gasteiger partial charge in [-0.15, -0.1) is 0 Å². The molecular weight excluding hydrogens is 424 g/mol. The Morgan fingerprint density at radius 1 is 1.00 bits per heavy atom. The molecule has 172 valence electrons. The summed E-state index contributed by atoms with van der Waals surface area (Å²) in [5, 5.41) is 0. The molecular formula is C25H26N2O6. The number of anilines is 1. The maximum absolute atomic E-state index is 12.9. The van der Waals surface area contributed by atoms with Crippen LogP contribution in [0.15, 0.2) is 54.6 Å². The third-order valence-corrected chi connectivity index (χ3v) is 5.05. The lowest BCUT2D eigenvalue weighted by Gasteiger charge is -2.20. The Morgan fingerprint density at radius 2 is 1.67 bits per heavy atom. The minimum absolute atomic E-state index is 0.0826. The quantitative estimate of drug-likeness (QED) is 0.330. The van der Waals surface area contributed by atoms with Crippen LogP contribution < -0.4 is 9.64 Å². The van der Waals surface area contributed by atoms with Gasteiger partial charge >= 0.3 is 5.97 Å². The Labute approximate surface area is 192 Å². The van der Waals surface area contributed by atoms with Crippen LogP contribution in [0.25, 0.3) is 0 Å². The second-order valence-electron chi connectivity index (χ2n) is 7.57. The molecule has 8 heteroatoms. The summed E-state index contributed by atoms with van der Waals surface area (Å²) in [6, 6.07) is 10.7. The van der Waals surface area contributed by atoms with Crippen LogP contribution in [0.4, 0.5) is 5.69 Å². The topological polar surface area (TPSA) is 93.2 Å².